The molecule has 108 valence electrons. The Hall–Kier alpha value is -2.30. The highest BCUT2D eigenvalue weighted by Crippen LogP contribution is 2.31. The van der Waals surface area contributed by atoms with Crippen molar-refractivity contribution >= 4 is 23.6 Å². The van der Waals surface area contributed by atoms with Gasteiger partial charge in [-0.15, -0.1) is 0 Å². The summed E-state index contributed by atoms with van der Waals surface area (Å²) in [7, 11) is 0. The molecule has 0 unspecified atom stereocenters. The number of halogens is 1. The summed E-state index contributed by atoms with van der Waals surface area (Å²) in [5.41, 5.74) is 1.27. The molecule has 2 aromatic carbocycles. The van der Waals surface area contributed by atoms with Gasteiger partial charge < -0.3 is 14.9 Å². The number of carboxylic acid groups (broad SMARTS) is 1. The zero-order valence-electron chi connectivity index (χ0n) is 11.0. The Kier molecular flexibility index (Phi) is 4.98. The molecule has 2 rings (SSSR count). The fourth-order valence-electron chi connectivity index (χ4n) is 1.71. The van der Waals surface area contributed by atoms with Gasteiger partial charge in [0.1, 0.15) is 11.5 Å². The van der Waals surface area contributed by atoms with E-state index in [1.54, 1.807) is 42.5 Å². The molecule has 0 aliphatic rings. The van der Waals surface area contributed by atoms with Gasteiger partial charge in [-0.05, 0) is 35.9 Å². The lowest BCUT2D eigenvalue weighted by Gasteiger charge is -2.10. The van der Waals surface area contributed by atoms with Crippen LogP contribution in [-0.4, -0.2) is 16.2 Å². The van der Waals surface area contributed by atoms with E-state index in [0.717, 1.165) is 11.6 Å². The molecule has 2 N–H and O–H groups in total. The Morgan fingerprint density at radius 3 is 2.52 bits per heavy atom. The first kappa shape index (κ1) is 15.1. The molecule has 21 heavy (non-hydrogen) atoms. The SMILES string of the molecule is O=C(O)C=Cc1c(Cl)cccc1Oc1ccc(CO)cc1. The van der Waals surface area contributed by atoms with Crippen molar-refractivity contribution in [3.05, 3.63) is 64.7 Å². The van der Waals surface area contributed by atoms with Crippen LogP contribution in [0.4, 0.5) is 0 Å². The molecule has 0 fully saturated rings. The predicted molar refractivity (Wildman–Crippen MR) is 80.6 cm³/mol. The first-order valence-corrected chi connectivity index (χ1v) is 6.55. The number of hydrogen-bond acceptors (Lipinski definition) is 3. The summed E-state index contributed by atoms with van der Waals surface area (Å²) in [4.78, 5) is 10.6. The number of ether oxygens (including phenoxy) is 1. The Morgan fingerprint density at radius 2 is 1.90 bits per heavy atom. The molecular weight excluding hydrogens is 292 g/mol. The number of aliphatic hydroxyl groups is 1. The van der Waals surface area contributed by atoms with E-state index in [0.29, 0.717) is 22.1 Å². The number of hydrogen-bond donors (Lipinski definition) is 2. The minimum Gasteiger partial charge on any atom is -0.478 e. The summed E-state index contributed by atoms with van der Waals surface area (Å²) in [6.45, 7) is -0.0377. The first-order chi connectivity index (χ1) is 10.1. The molecule has 0 aliphatic heterocycles. The maximum absolute atomic E-state index is 10.6. The Morgan fingerprint density at radius 1 is 1.19 bits per heavy atom. The fraction of sp³-hybridized carbons (Fsp3) is 0.0625. The van der Waals surface area contributed by atoms with Gasteiger partial charge in [0.05, 0.1) is 11.6 Å². The van der Waals surface area contributed by atoms with Gasteiger partial charge in [0.25, 0.3) is 0 Å². The molecule has 0 atom stereocenters. The van der Waals surface area contributed by atoms with Crippen LogP contribution in [-0.2, 0) is 11.4 Å². The van der Waals surface area contributed by atoms with Crippen molar-refractivity contribution in [3.8, 4) is 11.5 Å². The van der Waals surface area contributed by atoms with Crippen LogP contribution >= 0.6 is 11.6 Å². The number of rotatable bonds is 5. The van der Waals surface area contributed by atoms with Crippen LogP contribution < -0.4 is 4.74 Å². The van der Waals surface area contributed by atoms with Crippen molar-refractivity contribution in [2.45, 2.75) is 6.61 Å². The summed E-state index contributed by atoms with van der Waals surface area (Å²) in [6, 6.07) is 12.0. The molecule has 0 aromatic heterocycles. The largest absolute Gasteiger partial charge is 0.478 e. The van der Waals surface area contributed by atoms with Crippen molar-refractivity contribution < 1.29 is 19.7 Å². The molecule has 0 bridgehead atoms. The van der Waals surface area contributed by atoms with E-state index < -0.39 is 5.97 Å². The highest BCUT2D eigenvalue weighted by molar-refractivity contribution is 6.32. The van der Waals surface area contributed by atoms with Crippen molar-refractivity contribution in [2.24, 2.45) is 0 Å². The molecule has 0 heterocycles. The second-order valence-electron chi connectivity index (χ2n) is 4.23. The summed E-state index contributed by atoms with van der Waals surface area (Å²) >= 11 is 6.07. The molecule has 5 heteroatoms. The molecule has 0 spiro atoms. The van der Waals surface area contributed by atoms with Gasteiger partial charge in [-0.25, -0.2) is 4.79 Å². The molecule has 0 saturated heterocycles. The van der Waals surface area contributed by atoms with Crippen molar-refractivity contribution in [2.75, 3.05) is 0 Å². The highest BCUT2D eigenvalue weighted by atomic mass is 35.5. The van der Waals surface area contributed by atoms with E-state index in [2.05, 4.69) is 0 Å². The monoisotopic (exact) mass is 304 g/mol. The third-order valence-corrected chi connectivity index (χ3v) is 3.07. The topological polar surface area (TPSA) is 66.8 Å². The predicted octanol–water partition coefficient (Wildman–Crippen LogP) is 3.72. The second-order valence-corrected chi connectivity index (χ2v) is 4.63. The van der Waals surface area contributed by atoms with Crippen LogP contribution in [0.5, 0.6) is 11.5 Å². The van der Waals surface area contributed by atoms with Crippen LogP contribution in [0, 0.1) is 0 Å². The van der Waals surface area contributed by atoms with Gasteiger partial charge in [-0.2, -0.15) is 0 Å². The Labute approximate surface area is 126 Å². The first-order valence-electron chi connectivity index (χ1n) is 6.17. The van der Waals surface area contributed by atoms with E-state index >= 15 is 0 Å². The zero-order chi connectivity index (χ0) is 15.2. The van der Waals surface area contributed by atoms with Crippen LogP contribution in [0.15, 0.2) is 48.5 Å². The van der Waals surface area contributed by atoms with E-state index in [-0.39, 0.29) is 6.61 Å². The minimum absolute atomic E-state index is 0.0377. The maximum Gasteiger partial charge on any atom is 0.328 e. The second kappa shape index (κ2) is 6.92. The highest BCUT2D eigenvalue weighted by Gasteiger charge is 2.07. The van der Waals surface area contributed by atoms with Crippen LogP contribution in [0.25, 0.3) is 6.08 Å². The average molecular weight is 305 g/mol. The lowest BCUT2D eigenvalue weighted by Crippen LogP contribution is -1.91. The Bertz CT molecular complexity index is 662. The molecule has 0 amide bonds. The lowest BCUT2D eigenvalue weighted by molar-refractivity contribution is -0.131. The van der Waals surface area contributed by atoms with Crippen molar-refractivity contribution in [3.63, 3.8) is 0 Å². The van der Waals surface area contributed by atoms with Gasteiger partial charge in [0, 0.05) is 11.6 Å². The minimum atomic E-state index is -1.06. The molecule has 2 aromatic rings. The molecule has 0 saturated carbocycles. The molecule has 4 nitrogen and oxygen atoms in total. The summed E-state index contributed by atoms with van der Waals surface area (Å²) in [6.07, 6.45) is 2.39. The van der Waals surface area contributed by atoms with Gasteiger partial charge in [0.2, 0.25) is 0 Å². The maximum atomic E-state index is 10.6. The quantitative estimate of drug-likeness (QED) is 0.826. The summed E-state index contributed by atoms with van der Waals surface area (Å²) in [5, 5.41) is 18.1. The van der Waals surface area contributed by atoms with Gasteiger partial charge in [-0.1, -0.05) is 29.8 Å². The van der Waals surface area contributed by atoms with E-state index in [4.69, 9.17) is 26.6 Å². The summed E-state index contributed by atoms with van der Waals surface area (Å²) in [5.74, 6) is -0.0376. The van der Waals surface area contributed by atoms with Gasteiger partial charge >= 0.3 is 5.97 Å². The summed E-state index contributed by atoms with van der Waals surface area (Å²) < 4.78 is 5.71. The number of aliphatic carboxylic acids is 1. The Balaban J connectivity index is 2.30. The number of carbonyl (C=O) groups is 1. The van der Waals surface area contributed by atoms with E-state index in [1.807, 2.05) is 0 Å². The smallest absolute Gasteiger partial charge is 0.328 e. The van der Waals surface area contributed by atoms with Crippen LogP contribution in [0.2, 0.25) is 5.02 Å². The zero-order valence-corrected chi connectivity index (χ0v) is 11.7. The normalized spacial score (nSPS) is 10.8. The van der Waals surface area contributed by atoms with Crippen LogP contribution in [0.1, 0.15) is 11.1 Å². The van der Waals surface area contributed by atoms with E-state index in [1.165, 1.54) is 6.08 Å². The van der Waals surface area contributed by atoms with Gasteiger partial charge in [0.15, 0.2) is 0 Å². The van der Waals surface area contributed by atoms with Crippen molar-refractivity contribution in [1.29, 1.82) is 0 Å². The van der Waals surface area contributed by atoms with Crippen molar-refractivity contribution in [1.82, 2.24) is 0 Å². The van der Waals surface area contributed by atoms with Crippen LogP contribution in [0.3, 0.4) is 0 Å². The molecule has 0 radical (unpaired) electrons. The average Bonchev–Trinajstić information content (AvgIpc) is 2.47. The number of benzene rings is 2. The third kappa shape index (κ3) is 4.08. The van der Waals surface area contributed by atoms with E-state index in [9.17, 15) is 4.79 Å². The standard InChI is InChI=1S/C16H13ClO4/c17-14-2-1-3-15(13(14)8-9-16(19)20)21-12-6-4-11(10-18)5-7-12/h1-9,18H,10H2,(H,19,20). The lowest BCUT2D eigenvalue weighted by atomic mass is 10.1. The fourth-order valence-corrected chi connectivity index (χ4v) is 1.94. The molecule has 0 aliphatic carbocycles. The molecular formula is C16H13ClO4. The van der Waals surface area contributed by atoms with Gasteiger partial charge in [-0.3, -0.25) is 0 Å². The number of aliphatic hydroxyl groups excluding tert-OH is 1. The third-order valence-electron chi connectivity index (χ3n) is 2.74. The number of carboxylic acids is 1.